The van der Waals surface area contributed by atoms with Crippen molar-refractivity contribution in [2.24, 2.45) is 0 Å². The first kappa shape index (κ1) is 23.2. The fraction of sp³-hybridized carbons (Fsp3) is 0.455. The van der Waals surface area contributed by atoms with Gasteiger partial charge < -0.3 is 14.9 Å². The zero-order valence-electron chi connectivity index (χ0n) is 17.7. The molecule has 0 fully saturated rings. The highest BCUT2D eigenvalue weighted by Crippen LogP contribution is 2.28. The molecule has 0 saturated heterocycles. The number of hydrogen-bond acceptors (Lipinski definition) is 4. The van der Waals surface area contributed by atoms with Gasteiger partial charge in [0, 0.05) is 23.7 Å². The molecule has 2 aromatic heterocycles. The molecule has 3 rings (SSSR count). The Bertz CT molecular complexity index is 1040. The summed E-state index contributed by atoms with van der Waals surface area (Å²) in [5.41, 5.74) is 10.1. The number of nitrogen functional groups attached to an aromatic ring is 1. The van der Waals surface area contributed by atoms with Gasteiger partial charge in [-0.15, -0.1) is 0 Å². The average molecular weight is 467 g/mol. The first-order chi connectivity index (χ1) is 14.3. The number of imidazole rings is 1. The summed E-state index contributed by atoms with van der Waals surface area (Å²) in [4.78, 5) is 9.90. The molecule has 0 bridgehead atoms. The van der Waals surface area contributed by atoms with Crippen LogP contribution in [-0.4, -0.2) is 24.8 Å². The Morgan fingerprint density at radius 1 is 1.13 bits per heavy atom. The number of hydrogen-bond donors (Lipinski definition) is 1. The first-order valence-electron chi connectivity index (χ1n) is 10.3. The van der Waals surface area contributed by atoms with Crippen LogP contribution in [0.4, 0.5) is 5.82 Å². The van der Waals surface area contributed by atoms with Crippen molar-refractivity contribution in [3.05, 3.63) is 45.3 Å². The lowest BCUT2D eigenvalue weighted by atomic mass is 10.2. The van der Waals surface area contributed by atoms with E-state index in [1.165, 1.54) is 0 Å². The van der Waals surface area contributed by atoms with Gasteiger partial charge in [0.1, 0.15) is 17.1 Å². The van der Waals surface area contributed by atoms with Crippen LogP contribution in [0.15, 0.2) is 23.1 Å². The van der Waals surface area contributed by atoms with Crippen LogP contribution in [0.5, 0.6) is 0 Å². The number of rotatable bonds is 9. The minimum atomic E-state index is -1.15. The van der Waals surface area contributed by atoms with Gasteiger partial charge in [-0.2, -0.15) is 0 Å². The van der Waals surface area contributed by atoms with Crippen molar-refractivity contribution in [2.45, 2.75) is 64.3 Å². The molecule has 5 nitrogen and oxygen atoms in total. The van der Waals surface area contributed by atoms with Crippen molar-refractivity contribution in [1.82, 2.24) is 14.5 Å². The van der Waals surface area contributed by atoms with Crippen LogP contribution in [-0.2, 0) is 24.1 Å². The number of fused-ring (bicyclic) bond motifs is 1. The van der Waals surface area contributed by atoms with Gasteiger partial charge in [0.05, 0.1) is 10.5 Å². The van der Waals surface area contributed by atoms with Crippen LogP contribution >= 0.6 is 23.2 Å². The van der Waals surface area contributed by atoms with Gasteiger partial charge in [0.25, 0.3) is 0 Å². The molecule has 30 heavy (non-hydrogen) atoms. The third kappa shape index (κ3) is 5.05. The number of nitrogens with two attached hydrogens (primary N) is 1. The van der Waals surface area contributed by atoms with Crippen molar-refractivity contribution in [2.75, 3.05) is 11.5 Å². The number of aromatic nitrogens is 3. The molecule has 162 valence electrons. The number of pyridine rings is 1. The van der Waals surface area contributed by atoms with E-state index in [1.807, 2.05) is 6.92 Å². The smallest absolute Gasteiger partial charge is 0.171 e. The lowest BCUT2D eigenvalue weighted by Gasteiger charge is -2.14. The Kier molecular flexibility index (Phi) is 7.91. The second-order valence-electron chi connectivity index (χ2n) is 7.52. The molecular formula is C22H28Cl2N4OS. The Hall–Kier alpha value is -1.47. The molecule has 1 unspecified atom stereocenters. The van der Waals surface area contributed by atoms with Gasteiger partial charge in [-0.05, 0) is 68.0 Å². The molecule has 1 atom stereocenters. The molecule has 8 heteroatoms. The molecule has 0 saturated carbocycles. The van der Waals surface area contributed by atoms with Gasteiger partial charge in [0.15, 0.2) is 10.7 Å². The summed E-state index contributed by atoms with van der Waals surface area (Å²) in [5, 5.41) is 1.00. The summed E-state index contributed by atoms with van der Waals surface area (Å²) < 4.78 is 14.9. The van der Waals surface area contributed by atoms with E-state index in [0.29, 0.717) is 26.5 Å². The van der Waals surface area contributed by atoms with Crippen molar-refractivity contribution in [1.29, 1.82) is 0 Å². The summed E-state index contributed by atoms with van der Waals surface area (Å²) in [6, 6.07) is 5.11. The Morgan fingerprint density at radius 2 is 1.90 bits per heavy atom. The van der Waals surface area contributed by atoms with E-state index in [0.717, 1.165) is 66.8 Å². The molecular weight excluding hydrogens is 439 g/mol. The Labute approximate surface area is 191 Å². The maximum Gasteiger partial charge on any atom is 0.171 e. The molecule has 3 aromatic rings. The summed E-state index contributed by atoms with van der Waals surface area (Å²) in [7, 11) is 0. The highest BCUT2D eigenvalue weighted by atomic mass is 35.5. The predicted molar refractivity (Wildman–Crippen MR) is 127 cm³/mol. The van der Waals surface area contributed by atoms with Crippen LogP contribution in [0.1, 0.15) is 49.7 Å². The largest absolute Gasteiger partial charge is 0.611 e. The van der Waals surface area contributed by atoms with Gasteiger partial charge >= 0.3 is 0 Å². The fourth-order valence-corrected chi connectivity index (χ4v) is 5.44. The van der Waals surface area contributed by atoms with Crippen LogP contribution < -0.4 is 5.73 Å². The second kappa shape index (κ2) is 10.2. The number of nitrogens with zero attached hydrogens (tertiary/aromatic N) is 3. The maximum atomic E-state index is 12.6. The molecule has 0 aliphatic heterocycles. The molecule has 2 heterocycles. The maximum absolute atomic E-state index is 12.6. The fourth-order valence-electron chi connectivity index (χ4n) is 3.59. The van der Waals surface area contributed by atoms with E-state index in [-0.39, 0.29) is 0 Å². The van der Waals surface area contributed by atoms with Gasteiger partial charge in [-0.1, -0.05) is 36.5 Å². The van der Waals surface area contributed by atoms with Crippen molar-refractivity contribution in [3.63, 3.8) is 0 Å². The highest BCUT2D eigenvalue weighted by Gasteiger charge is 2.18. The number of unbranched alkanes of at least 4 members (excludes halogenated alkanes) is 2. The van der Waals surface area contributed by atoms with E-state index in [2.05, 4.69) is 23.4 Å². The van der Waals surface area contributed by atoms with E-state index < -0.39 is 11.2 Å². The van der Waals surface area contributed by atoms with Gasteiger partial charge in [-0.25, -0.2) is 9.97 Å². The zero-order valence-corrected chi connectivity index (χ0v) is 20.0. The minimum absolute atomic E-state index is 0.456. The van der Waals surface area contributed by atoms with E-state index in [4.69, 9.17) is 33.9 Å². The van der Waals surface area contributed by atoms with Gasteiger partial charge in [0.2, 0.25) is 0 Å². The summed E-state index contributed by atoms with van der Waals surface area (Å²) in [5.74, 6) is 2.10. The standard InChI is InChI=1S/C22H28Cl2N4OS/c1-4-5-8-19-27-20-21(14(2)15(3)26-22(20)25)28(19)11-6-7-12-30(29)18-10-9-16(23)13-17(18)24/h9-10,13H,4-8,11-12H2,1-3H3,(H2,25,26). The molecule has 2 N–H and O–H groups in total. The third-order valence-electron chi connectivity index (χ3n) is 5.33. The quantitative estimate of drug-likeness (QED) is 0.315. The van der Waals surface area contributed by atoms with E-state index >= 15 is 0 Å². The molecule has 0 radical (unpaired) electrons. The van der Waals surface area contributed by atoms with Gasteiger partial charge in [-0.3, -0.25) is 0 Å². The highest BCUT2D eigenvalue weighted by molar-refractivity contribution is 7.91. The normalized spacial score (nSPS) is 12.6. The zero-order chi connectivity index (χ0) is 21.8. The topological polar surface area (TPSA) is 79.8 Å². The Morgan fingerprint density at radius 3 is 2.60 bits per heavy atom. The number of halogens is 2. The summed E-state index contributed by atoms with van der Waals surface area (Å²) in [6.45, 7) is 7.04. The molecule has 0 spiro atoms. The lowest BCUT2D eigenvalue weighted by Crippen LogP contribution is -2.10. The molecule has 0 amide bonds. The molecule has 0 aliphatic rings. The SMILES string of the molecule is CCCCc1nc2c(N)nc(C)c(C)c2n1CCCC[S+]([O-])c1ccc(Cl)cc1Cl. The third-order valence-corrected chi connectivity index (χ3v) is 7.50. The van der Waals surface area contributed by atoms with Crippen LogP contribution in [0.25, 0.3) is 11.0 Å². The summed E-state index contributed by atoms with van der Waals surface area (Å²) in [6.07, 6.45) is 4.80. The Balaban J connectivity index is 1.74. The molecule has 1 aromatic carbocycles. The summed E-state index contributed by atoms with van der Waals surface area (Å²) >= 11 is 11.0. The average Bonchev–Trinajstić information content (AvgIpc) is 3.06. The van der Waals surface area contributed by atoms with Crippen LogP contribution in [0, 0.1) is 13.8 Å². The number of benzene rings is 1. The first-order valence-corrected chi connectivity index (χ1v) is 12.4. The number of aryl methyl sites for hydroxylation is 4. The monoisotopic (exact) mass is 466 g/mol. The predicted octanol–water partition coefficient (Wildman–Crippen LogP) is 5.87. The lowest BCUT2D eigenvalue weighted by molar-refractivity contribution is 0.577. The van der Waals surface area contributed by atoms with Crippen molar-refractivity contribution in [3.8, 4) is 0 Å². The van der Waals surface area contributed by atoms with Crippen molar-refractivity contribution < 1.29 is 4.55 Å². The number of anilines is 1. The van der Waals surface area contributed by atoms with E-state index in [1.54, 1.807) is 18.2 Å². The van der Waals surface area contributed by atoms with Crippen LogP contribution in [0.2, 0.25) is 10.0 Å². The second-order valence-corrected chi connectivity index (χ2v) is 9.90. The van der Waals surface area contributed by atoms with E-state index in [9.17, 15) is 4.55 Å². The molecule has 0 aliphatic carbocycles. The van der Waals surface area contributed by atoms with Crippen molar-refractivity contribution >= 4 is 51.2 Å². The minimum Gasteiger partial charge on any atom is -0.611 e. The van der Waals surface area contributed by atoms with Crippen LogP contribution in [0.3, 0.4) is 0 Å².